The van der Waals surface area contributed by atoms with Crippen LogP contribution in [-0.4, -0.2) is 35.1 Å². The zero-order chi connectivity index (χ0) is 14.4. The Morgan fingerprint density at radius 2 is 2.20 bits per heavy atom. The van der Waals surface area contributed by atoms with E-state index >= 15 is 0 Å². The summed E-state index contributed by atoms with van der Waals surface area (Å²) in [6.07, 6.45) is 6.56. The van der Waals surface area contributed by atoms with E-state index in [1.54, 1.807) is 23.1 Å². The molecule has 1 aliphatic rings. The Labute approximate surface area is 118 Å². The predicted molar refractivity (Wildman–Crippen MR) is 76.5 cm³/mol. The molecule has 1 saturated heterocycles. The van der Waals surface area contributed by atoms with E-state index in [0.29, 0.717) is 18.5 Å². The van der Waals surface area contributed by atoms with E-state index in [-0.39, 0.29) is 24.4 Å². The first-order valence-electron chi connectivity index (χ1n) is 7.06. The zero-order valence-electron chi connectivity index (χ0n) is 11.5. The number of aliphatic hydroxyl groups excluding tert-OH is 1. The largest absolute Gasteiger partial charge is 0.396 e. The van der Waals surface area contributed by atoms with Gasteiger partial charge in [0.25, 0.3) is 0 Å². The van der Waals surface area contributed by atoms with Crippen LogP contribution < -0.4 is 0 Å². The standard InChI is InChI=1S/C16H20FNO2/c17-15-7-2-1-5-13(15)8-9-16(20)18-11-4-3-6-14(18)10-12-19/h1-2,5,7-9,14,19H,3-4,6,10-12H2/b9-8+. The lowest BCUT2D eigenvalue weighted by Crippen LogP contribution is -2.43. The molecule has 1 fully saturated rings. The average Bonchev–Trinajstić information content (AvgIpc) is 2.47. The summed E-state index contributed by atoms with van der Waals surface area (Å²) in [4.78, 5) is 14.0. The maximum Gasteiger partial charge on any atom is 0.246 e. The number of carbonyl (C=O) groups excluding carboxylic acids is 1. The highest BCUT2D eigenvalue weighted by Gasteiger charge is 2.24. The van der Waals surface area contributed by atoms with Gasteiger partial charge in [0.1, 0.15) is 5.82 Å². The van der Waals surface area contributed by atoms with Crippen molar-refractivity contribution in [3.63, 3.8) is 0 Å². The fourth-order valence-electron chi connectivity index (χ4n) is 2.61. The summed E-state index contributed by atoms with van der Waals surface area (Å²) in [6, 6.07) is 6.48. The highest BCUT2D eigenvalue weighted by Crippen LogP contribution is 2.20. The van der Waals surface area contributed by atoms with Crippen LogP contribution in [0.25, 0.3) is 6.08 Å². The molecule has 4 heteroatoms. The Balaban J connectivity index is 2.04. The highest BCUT2D eigenvalue weighted by molar-refractivity contribution is 5.92. The first kappa shape index (κ1) is 14.7. The van der Waals surface area contributed by atoms with Crippen LogP contribution in [0.3, 0.4) is 0 Å². The fourth-order valence-corrected chi connectivity index (χ4v) is 2.61. The van der Waals surface area contributed by atoms with Crippen LogP contribution in [0.4, 0.5) is 4.39 Å². The maximum absolute atomic E-state index is 13.5. The summed E-state index contributed by atoms with van der Waals surface area (Å²) in [6.45, 7) is 0.802. The summed E-state index contributed by atoms with van der Waals surface area (Å²) >= 11 is 0. The molecule has 0 bridgehead atoms. The Bertz CT molecular complexity index is 485. The van der Waals surface area contributed by atoms with Crippen molar-refractivity contribution in [3.05, 3.63) is 41.7 Å². The van der Waals surface area contributed by atoms with Gasteiger partial charge < -0.3 is 10.0 Å². The van der Waals surface area contributed by atoms with Gasteiger partial charge in [-0.25, -0.2) is 4.39 Å². The van der Waals surface area contributed by atoms with E-state index in [9.17, 15) is 9.18 Å². The smallest absolute Gasteiger partial charge is 0.246 e. The van der Waals surface area contributed by atoms with E-state index in [0.717, 1.165) is 19.3 Å². The van der Waals surface area contributed by atoms with E-state index in [1.807, 2.05) is 0 Å². The van der Waals surface area contributed by atoms with Crippen molar-refractivity contribution in [2.24, 2.45) is 0 Å². The number of benzene rings is 1. The van der Waals surface area contributed by atoms with Gasteiger partial charge >= 0.3 is 0 Å². The van der Waals surface area contributed by atoms with Crippen molar-refractivity contribution in [2.45, 2.75) is 31.7 Å². The number of amides is 1. The fraction of sp³-hybridized carbons (Fsp3) is 0.438. The van der Waals surface area contributed by atoms with Crippen molar-refractivity contribution in [1.29, 1.82) is 0 Å². The minimum atomic E-state index is -0.331. The van der Waals surface area contributed by atoms with Crippen LogP contribution in [0.15, 0.2) is 30.3 Å². The first-order valence-corrected chi connectivity index (χ1v) is 7.06. The van der Waals surface area contributed by atoms with Gasteiger partial charge in [-0.05, 0) is 37.8 Å². The summed E-state index contributed by atoms with van der Waals surface area (Å²) in [7, 11) is 0. The Kier molecular flexibility index (Phi) is 5.30. The molecular formula is C16H20FNO2. The second-order valence-corrected chi connectivity index (χ2v) is 5.05. The lowest BCUT2D eigenvalue weighted by molar-refractivity contribution is -0.129. The SMILES string of the molecule is O=C(/C=C/c1ccccc1F)N1CCCCC1CCO. The van der Waals surface area contributed by atoms with Crippen molar-refractivity contribution in [2.75, 3.05) is 13.2 Å². The normalized spacial score (nSPS) is 19.5. The number of piperidine rings is 1. The topological polar surface area (TPSA) is 40.5 Å². The Morgan fingerprint density at radius 1 is 1.40 bits per heavy atom. The van der Waals surface area contributed by atoms with E-state index in [4.69, 9.17) is 5.11 Å². The average molecular weight is 277 g/mol. The second kappa shape index (κ2) is 7.20. The first-order chi connectivity index (χ1) is 9.72. The molecule has 1 unspecified atom stereocenters. The van der Waals surface area contributed by atoms with Crippen LogP contribution in [0.1, 0.15) is 31.2 Å². The van der Waals surface area contributed by atoms with Gasteiger partial charge in [0.05, 0.1) is 0 Å². The predicted octanol–water partition coefficient (Wildman–Crippen LogP) is 2.60. The molecule has 0 aliphatic carbocycles. The number of nitrogens with zero attached hydrogens (tertiary/aromatic N) is 1. The summed E-state index contributed by atoms with van der Waals surface area (Å²) in [5, 5.41) is 9.06. The molecule has 1 aromatic rings. The minimum absolute atomic E-state index is 0.0888. The number of hydrogen-bond donors (Lipinski definition) is 1. The Hall–Kier alpha value is -1.68. The van der Waals surface area contributed by atoms with Gasteiger partial charge in [-0.15, -0.1) is 0 Å². The quantitative estimate of drug-likeness (QED) is 0.859. The summed E-state index contributed by atoms with van der Waals surface area (Å²) < 4.78 is 13.5. The highest BCUT2D eigenvalue weighted by atomic mass is 19.1. The number of aliphatic hydroxyl groups is 1. The van der Waals surface area contributed by atoms with Crippen LogP contribution in [-0.2, 0) is 4.79 Å². The van der Waals surface area contributed by atoms with Crippen molar-refractivity contribution in [3.8, 4) is 0 Å². The summed E-state index contributed by atoms with van der Waals surface area (Å²) in [5.41, 5.74) is 0.413. The molecule has 108 valence electrons. The minimum Gasteiger partial charge on any atom is -0.396 e. The van der Waals surface area contributed by atoms with E-state index in [2.05, 4.69) is 0 Å². The third-order valence-corrected chi connectivity index (χ3v) is 3.68. The molecule has 3 nitrogen and oxygen atoms in total. The molecule has 1 atom stereocenters. The molecule has 1 aromatic carbocycles. The monoisotopic (exact) mass is 277 g/mol. The van der Waals surface area contributed by atoms with Crippen LogP contribution in [0.2, 0.25) is 0 Å². The van der Waals surface area contributed by atoms with Crippen LogP contribution >= 0.6 is 0 Å². The number of hydrogen-bond acceptors (Lipinski definition) is 2. The van der Waals surface area contributed by atoms with Gasteiger partial charge in [-0.1, -0.05) is 18.2 Å². The molecule has 0 radical (unpaired) electrons. The van der Waals surface area contributed by atoms with Gasteiger partial charge in [-0.3, -0.25) is 4.79 Å². The molecule has 1 N–H and O–H groups in total. The number of likely N-dealkylation sites (tertiary alicyclic amines) is 1. The number of halogens is 1. The molecule has 20 heavy (non-hydrogen) atoms. The molecule has 2 rings (SSSR count). The molecule has 1 amide bonds. The lowest BCUT2D eigenvalue weighted by Gasteiger charge is -2.34. The van der Waals surface area contributed by atoms with Crippen molar-refractivity contribution < 1.29 is 14.3 Å². The third-order valence-electron chi connectivity index (χ3n) is 3.68. The molecule has 1 aliphatic heterocycles. The van der Waals surface area contributed by atoms with Gasteiger partial charge in [0.2, 0.25) is 5.91 Å². The number of rotatable bonds is 4. The van der Waals surface area contributed by atoms with Gasteiger partial charge in [-0.2, -0.15) is 0 Å². The third kappa shape index (κ3) is 3.67. The van der Waals surface area contributed by atoms with Crippen LogP contribution in [0.5, 0.6) is 0 Å². The second-order valence-electron chi connectivity index (χ2n) is 5.05. The van der Waals surface area contributed by atoms with Gasteiger partial charge in [0, 0.05) is 30.8 Å². The number of carbonyl (C=O) groups is 1. The van der Waals surface area contributed by atoms with Gasteiger partial charge in [0.15, 0.2) is 0 Å². The zero-order valence-corrected chi connectivity index (χ0v) is 11.5. The Morgan fingerprint density at radius 3 is 2.95 bits per heavy atom. The van der Waals surface area contributed by atoms with E-state index < -0.39 is 0 Å². The lowest BCUT2D eigenvalue weighted by atomic mass is 9.99. The molecule has 0 spiro atoms. The molecule has 0 aromatic heterocycles. The van der Waals surface area contributed by atoms with E-state index in [1.165, 1.54) is 18.2 Å². The molecule has 1 heterocycles. The molecular weight excluding hydrogens is 257 g/mol. The molecule has 0 saturated carbocycles. The van der Waals surface area contributed by atoms with Crippen LogP contribution in [0, 0.1) is 5.82 Å². The van der Waals surface area contributed by atoms with Crippen molar-refractivity contribution >= 4 is 12.0 Å². The maximum atomic E-state index is 13.5. The van der Waals surface area contributed by atoms with Crippen molar-refractivity contribution in [1.82, 2.24) is 4.90 Å². The summed E-state index contributed by atoms with van der Waals surface area (Å²) in [5.74, 6) is -0.437.